The molecule has 0 saturated carbocycles. The van der Waals surface area contributed by atoms with Crippen LogP contribution in [0.15, 0.2) is 18.2 Å². The molecule has 6 rings (SSSR count). The topological polar surface area (TPSA) is 70.4 Å². The molecule has 1 aromatic heterocycles. The first-order valence-electron chi connectivity index (χ1n) is 8.21. The van der Waals surface area contributed by atoms with Gasteiger partial charge in [0.25, 0.3) is 0 Å². The van der Waals surface area contributed by atoms with Crippen LogP contribution in [0.1, 0.15) is 12.8 Å². The standard InChI is InChI=1S/C16H20FN5O/c17-11-1-2-12-13(7-11)19-20-14(12)22-9-16(23-15(22)18)8-21-5-3-10(16)4-6-21/h1-2,7,10,15H,3-6,8-9,18H2,(H,19,20). The third kappa shape index (κ3) is 1.93. The number of nitrogens with two attached hydrogens (primary N) is 1. The molecule has 0 amide bonds. The number of aromatic nitrogens is 2. The molecule has 2 aromatic rings. The highest BCUT2D eigenvalue weighted by molar-refractivity contribution is 5.90. The zero-order valence-corrected chi connectivity index (χ0v) is 12.8. The van der Waals surface area contributed by atoms with Gasteiger partial charge in [-0.3, -0.25) is 10.8 Å². The van der Waals surface area contributed by atoms with E-state index in [0.717, 1.165) is 37.4 Å². The smallest absolute Gasteiger partial charge is 0.186 e. The number of hydrogen-bond donors (Lipinski definition) is 2. The largest absolute Gasteiger partial charge is 0.335 e. The van der Waals surface area contributed by atoms with Gasteiger partial charge in [0.05, 0.1) is 12.1 Å². The molecule has 2 bridgehead atoms. The highest BCUT2D eigenvalue weighted by Gasteiger charge is 2.54. The van der Waals surface area contributed by atoms with Gasteiger partial charge >= 0.3 is 0 Å². The number of halogens is 1. The van der Waals surface area contributed by atoms with Crippen LogP contribution in [0.3, 0.4) is 0 Å². The van der Waals surface area contributed by atoms with Crippen LogP contribution in [0.25, 0.3) is 10.9 Å². The molecule has 2 unspecified atom stereocenters. The van der Waals surface area contributed by atoms with Gasteiger partial charge in [-0.05, 0) is 50.0 Å². The van der Waals surface area contributed by atoms with Gasteiger partial charge in [-0.15, -0.1) is 0 Å². The number of nitrogens with zero attached hydrogens (tertiary/aromatic N) is 3. The second-order valence-corrected chi connectivity index (χ2v) is 6.99. The fourth-order valence-corrected chi connectivity index (χ4v) is 4.55. The van der Waals surface area contributed by atoms with Crippen molar-refractivity contribution in [2.75, 3.05) is 31.1 Å². The van der Waals surface area contributed by atoms with E-state index in [1.54, 1.807) is 6.07 Å². The Kier molecular flexibility index (Phi) is 2.78. The Bertz CT molecular complexity index is 756. The van der Waals surface area contributed by atoms with E-state index in [-0.39, 0.29) is 11.4 Å². The normalized spacial score (nSPS) is 36.4. The Hall–Kier alpha value is -1.70. The van der Waals surface area contributed by atoms with Crippen LogP contribution in [0.4, 0.5) is 10.2 Å². The first-order valence-corrected chi connectivity index (χ1v) is 8.21. The van der Waals surface area contributed by atoms with E-state index in [1.165, 1.54) is 25.0 Å². The van der Waals surface area contributed by atoms with Crippen molar-refractivity contribution < 1.29 is 9.13 Å². The molecule has 23 heavy (non-hydrogen) atoms. The summed E-state index contributed by atoms with van der Waals surface area (Å²) in [6, 6.07) is 4.66. The first-order chi connectivity index (χ1) is 11.1. The molecule has 122 valence electrons. The summed E-state index contributed by atoms with van der Waals surface area (Å²) in [6.07, 6.45) is 1.84. The van der Waals surface area contributed by atoms with Crippen molar-refractivity contribution in [3.63, 3.8) is 0 Å². The first kappa shape index (κ1) is 13.7. The predicted octanol–water partition coefficient (Wildman–Crippen LogP) is 1.25. The van der Waals surface area contributed by atoms with Gasteiger partial charge in [0.15, 0.2) is 12.2 Å². The van der Waals surface area contributed by atoms with E-state index in [0.29, 0.717) is 11.4 Å². The minimum Gasteiger partial charge on any atom is -0.335 e. The fourth-order valence-electron chi connectivity index (χ4n) is 4.55. The lowest BCUT2D eigenvalue weighted by molar-refractivity contribution is -0.137. The van der Waals surface area contributed by atoms with Crippen molar-refractivity contribution in [3.8, 4) is 0 Å². The van der Waals surface area contributed by atoms with E-state index >= 15 is 0 Å². The fraction of sp³-hybridized carbons (Fsp3) is 0.562. The monoisotopic (exact) mass is 317 g/mol. The number of piperidine rings is 3. The number of nitrogens with one attached hydrogen (secondary N) is 1. The minimum atomic E-state index is -0.507. The van der Waals surface area contributed by atoms with Crippen LogP contribution in [-0.4, -0.2) is 53.2 Å². The summed E-state index contributed by atoms with van der Waals surface area (Å²) in [7, 11) is 0. The van der Waals surface area contributed by atoms with Gasteiger partial charge in [0, 0.05) is 11.9 Å². The third-order valence-corrected chi connectivity index (χ3v) is 5.70. The summed E-state index contributed by atoms with van der Waals surface area (Å²) in [5.74, 6) is 1.04. The minimum absolute atomic E-state index is 0.193. The highest BCUT2D eigenvalue weighted by Crippen LogP contribution is 2.44. The Morgan fingerprint density at radius 3 is 2.87 bits per heavy atom. The van der Waals surface area contributed by atoms with E-state index < -0.39 is 6.35 Å². The maximum absolute atomic E-state index is 13.4. The van der Waals surface area contributed by atoms with Crippen LogP contribution in [0, 0.1) is 11.7 Å². The van der Waals surface area contributed by atoms with Gasteiger partial charge < -0.3 is 14.5 Å². The molecule has 4 aliphatic rings. The van der Waals surface area contributed by atoms with E-state index in [1.807, 2.05) is 4.90 Å². The van der Waals surface area contributed by atoms with Crippen molar-refractivity contribution >= 4 is 16.7 Å². The molecule has 4 fully saturated rings. The predicted molar refractivity (Wildman–Crippen MR) is 84.4 cm³/mol. The molecule has 5 heterocycles. The molecular formula is C16H20FN5O. The number of benzene rings is 1. The molecule has 1 aromatic carbocycles. The van der Waals surface area contributed by atoms with E-state index in [9.17, 15) is 4.39 Å². The van der Waals surface area contributed by atoms with Crippen LogP contribution in [0.5, 0.6) is 0 Å². The molecule has 0 radical (unpaired) electrons. The molecule has 4 saturated heterocycles. The van der Waals surface area contributed by atoms with E-state index in [2.05, 4.69) is 15.1 Å². The number of aromatic amines is 1. The molecular weight excluding hydrogens is 297 g/mol. The molecule has 3 N–H and O–H groups in total. The Morgan fingerprint density at radius 1 is 1.30 bits per heavy atom. The summed E-state index contributed by atoms with van der Waals surface area (Å²) in [5, 5.41) is 8.15. The van der Waals surface area contributed by atoms with Crippen molar-refractivity contribution in [2.45, 2.75) is 24.8 Å². The number of ether oxygens (including phenoxy) is 1. The lowest BCUT2D eigenvalue weighted by atomic mass is 9.75. The molecule has 1 spiro atoms. The van der Waals surface area contributed by atoms with Gasteiger partial charge in [-0.2, -0.15) is 5.10 Å². The Balaban J connectivity index is 1.51. The van der Waals surface area contributed by atoms with Gasteiger partial charge in [0.1, 0.15) is 11.4 Å². The van der Waals surface area contributed by atoms with Crippen molar-refractivity contribution in [2.24, 2.45) is 11.7 Å². The second-order valence-electron chi connectivity index (χ2n) is 6.99. The molecule has 7 heteroatoms. The Labute approximate surface area is 133 Å². The average molecular weight is 317 g/mol. The zero-order valence-electron chi connectivity index (χ0n) is 12.8. The molecule has 4 aliphatic heterocycles. The van der Waals surface area contributed by atoms with Crippen LogP contribution >= 0.6 is 0 Å². The maximum Gasteiger partial charge on any atom is 0.186 e. The lowest BCUT2D eigenvalue weighted by Gasteiger charge is -2.50. The van der Waals surface area contributed by atoms with Crippen LogP contribution < -0.4 is 10.6 Å². The molecule has 2 atom stereocenters. The molecule has 6 nitrogen and oxygen atoms in total. The van der Waals surface area contributed by atoms with Gasteiger partial charge in [-0.1, -0.05) is 0 Å². The Morgan fingerprint density at radius 2 is 2.13 bits per heavy atom. The summed E-state index contributed by atoms with van der Waals surface area (Å²) < 4.78 is 19.6. The number of H-pyrrole nitrogens is 1. The second kappa shape index (κ2) is 4.66. The zero-order chi connectivity index (χ0) is 15.6. The summed E-state index contributed by atoms with van der Waals surface area (Å²) in [4.78, 5) is 4.48. The quantitative estimate of drug-likeness (QED) is 0.828. The third-order valence-electron chi connectivity index (χ3n) is 5.70. The van der Waals surface area contributed by atoms with Crippen molar-refractivity contribution in [1.82, 2.24) is 15.1 Å². The summed E-state index contributed by atoms with van der Waals surface area (Å²) in [5.41, 5.74) is 6.77. The number of hydrogen-bond acceptors (Lipinski definition) is 5. The number of fused-ring (bicyclic) bond motifs is 3. The highest BCUT2D eigenvalue weighted by atomic mass is 19.1. The summed E-state index contributed by atoms with van der Waals surface area (Å²) >= 11 is 0. The van der Waals surface area contributed by atoms with Crippen LogP contribution in [-0.2, 0) is 4.74 Å². The van der Waals surface area contributed by atoms with Crippen molar-refractivity contribution in [3.05, 3.63) is 24.0 Å². The SMILES string of the molecule is NC1OC2(CN3CCC2CC3)CN1c1n[nH]c2cc(F)ccc12. The van der Waals surface area contributed by atoms with Crippen molar-refractivity contribution in [1.29, 1.82) is 0 Å². The number of anilines is 1. The lowest BCUT2D eigenvalue weighted by Crippen LogP contribution is -2.61. The summed E-state index contributed by atoms with van der Waals surface area (Å²) in [6.45, 7) is 4.01. The van der Waals surface area contributed by atoms with E-state index in [4.69, 9.17) is 10.5 Å². The van der Waals surface area contributed by atoms with Gasteiger partial charge in [-0.25, -0.2) is 4.39 Å². The average Bonchev–Trinajstić information content (AvgIpc) is 3.09. The maximum atomic E-state index is 13.4. The number of rotatable bonds is 1. The van der Waals surface area contributed by atoms with Gasteiger partial charge in [0.2, 0.25) is 0 Å². The van der Waals surface area contributed by atoms with Crippen LogP contribution in [0.2, 0.25) is 0 Å². The molecule has 0 aliphatic carbocycles.